The van der Waals surface area contributed by atoms with Crippen LogP contribution in [0.15, 0.2) is 29.8 Å². The number of aromatic nitrogens is 2. The van der Waals surface area contributed by atoms with Gasteiger partial charge in [0.1, 0.15) is 11.6 Å². The van der Waals surface area contributed by atoms with Gasteiger partial charge in [-0.25, -0.2) is 4.39 Å². The number of benzene rings is 1. The van der Waals surface area contributed by atoms with Crippen molar-refractivity contribution in [3.05, 3.63) is 58.2 Å². The van der Waals surface area contributed by atoms with Crippen LogP contribution in [-0.4, -0.2) is 51.7 Å². The number of aryl methyl sites for hydroxylation is 2. The lowest BCUT2D eigenvalue weighted by Gasteiger charge is -2.25. The zero-order chi connectivity index (χ0) is 20.6. The fourth-order valence-electron chi connectivity index (χ4n) is 3.57. The molecule has 28 heavy (non-hydrogen) atoms. The molecule has 0 radical (unpaired) electrons. The zero-order valence-electron chi connectivity index (χ0n) is 16.2. The lowest BCUT2D eigenvalue weighted by atomic mass is 9.94. The van der Waals surface area contributed by atoms with Gasteiger partial charge in [-0.2, -0.15) is 5.10 Å². The highest BCUT2D eigenvalue weighted by molar-refractivity contribution is 6.46. The molecule has 1 saturated heterocycles. The Hall–Kier alpha value is -3.00. The molecule has 0 saturated carbocycles. The standard InChI is InChI=1S/C20H22FN3O4/c1-11-15(12(2)23(3)22-11)18(25)16-17(13-6-5-7-14(21)10-13)24(8-9-28-4)20(27)19(16)26/h5-7,10,17,25H,8-9H2,1-4H3/b18-16+. The van der Waals surface area contributed by atoms with E-state index >= 15 is 0 Å². The Morgan fingerprint density at radius 3 is 2.61 bits per heavy atom. The Morgan fingerprint density at radius 1 is 1.32 bits per heavy atom. The third kappa shape index (κ3) is 3.20. The number of carbonyl (C=O) groups is 2. The van der Waals surface area contributed by atoms with Gasteiger partial charge in [-0.15, -0.1) is 0 Å². The molecule has 0 spiro atoms. The minimum Gasteiger partial charge on any atom is -0.507 e. The predicted octanol–water partition coefficient (Wildman–Crippen LogP) is 2.24. The molecule has 3 rings (SSSR count). The van der Waals surface area contributed by atoms with Gasteiger partial charge in [-0.05, 0) is 31.5 Å². The number of ether oxygens (including phenoxy) is 1. The van der Waals surface area contributed by atoms with E-state index in [1.807, 2.05) is 0 Å². The number of aliphatic hydroxyl groups is 1. The quantitative estimate of drug-likeness (QED) is 0.483. The second-order valence-electron chi connectivity index (χ2n) is 6.71. The molecule has 1 fully saturated rings. The summed E-state index contributed by atoms with van der Waals surface area (Å²) < 4.78 is 20.5. The first-order chi connectivity index (χ1) is 13.3. The van der Waals surface area contributed by atoms with Gasteiger partial charge in [-0.1, -0.05) is 12.1 Å². The van der Waals surface area contributed by atoms with Crippen LogP contribution in [0.1, 0.15) is 28.6 Å². The van der Waals surface area contributed by atoms with Gasteiger partial charge >= 0.3 is 0 Å². The molecule has 1 aromatic carbocycles. The Kier molecular flexibility index (Phi) is 5.33. The second kappa shape index (κ2) is 7.55. The van der Waals surface area contributed by atoms with Crippen molar-refractivity contribution in [3.8, 4) is 0 Å². The highest BCUT2D eigenvalue weighted by Gasteiger charge is 2.46. The van der Waals surface area contributed by atoms with Crippen molar-refractivity contribution in [1.29, 1.82) is 0 Å². The Balaban J connectivity index is 2.24. The Labute approximate surface area is 162 Å². The van der Waals surface area contributed by atoms with Gasteiger partial charge in [-0.3, -0.25) is 14.3 Å². The summed E-state index contributed by atoms with van der Waals surface area (Å²) in [5.41, 5.74) is 1.89. The molecule has 1 N–H and O–H groups in total. The van der Waals surface area contributed by atoms with E-state index in [2.05, 4.69) is 5.10 Å². The van der Waals surface area contributed by atoms with E-state index in [1.165, 1.54) is 30.2 Å². The van der Waals surface area contributed by atoms with Crippen LogP contribution >= 0.6 is 0 Å². The van der Waals surface area contributed by atoms with Gasteiger partial charge in [0.05, 0.1) is 29.5 Å². The molecular weight excluding hydrogens is 365 g/mol. The van der Waals surface area contributed by atoms with E-state index < -0.39 is 23.5 Å². The summed E-state index contributed by atoms with van der Waals surface area (Å²) in [6.07, 6.45) is 0. The highest BCUT2D eigenvalue weighted by atomic mass is 19.1. The number of Topliss-reactive ketones (excluding diaryl/α,β-unsaturated/α-hetero) is 1. The highest BCUT2D eigenvalue weighted by Crippen LogP contribution is 2.40. The number of hydrogen-bond donors (Lipinski definition) is 1. The molecule has 1 atom stereocenters. The molecular formula is C20H22FN3O4. The maximum atomic E-state index is 13.9. The third-order valence-electron chi connectivity index (χ3n) is 4.99. The van der Waals surface area contributed by atoms with Gasteiger partial charge < -0.3 is 14.7 Å². The lowest BCUT2D eigenvalue weighted by molar-refractivity contribution is -0.140. The first-order valence-electron chi connectivity index (χ1n) is 8.81. The number of halogens is 1. The molecule has 7 nitrogen and oxygen atoms in total. The lowest BCUT2D eigenvalue weighted by Crippen LogP contribution is -2.32. The van der Waals surface area contributed by atoms with Gasteiger partial charge in [0.2, 0.25) is 0 Å². The number of nitrogens with zero attached hydrogens (tertiary/aromatic N) is 3. The maximum absolute atomic E-state index is 13.9. The molecule has 148 valence electrons. The van der Waals surface area contributed by atoms with Crippen LogP contribution in [0.25, 0.3) is 5.76 Å². The van der Waals surface area contributed by atoms with Crippen molar-refractivity contribution in [2.24, 2.45) is 7.05 Å². The number of methoxy groups -OCH3 is 1. The molecule has 2 heterocycles. The van der Waals surface area contributed by atoms with Crippen LogP contribution in [0.4, 0.5) is 4.39 Å². The van der Waals surface area contributed by atoms with Gasteiger partial charge in [0.25, 0.3) is 11.7 Å². The van der Waals surface area contributed by atoms with Crippen LogP contribution < -0.4 is 0 Å². The predicted molar refractivity (Wildman–Crippen MR) is 100.0 cm³/mol. The minimum absolute atomic E-state index is 0.0779. The molecule has 2 aromatic rings. The molecule has 1 amide bonds. The largest absolute Gasteiger partial charge is 0.507 e. The second-order valence-corrected chi connectivity index (χ2v) is 6.71. The number of amides is 1. The van der Waals surface area contributed by atoms with E-state index in [9.17, 15) is 19.1 Å². The summed E-state index contributed by atoms with van der Waals surface area (Å²) in [5, 5.41) is 15.3. The van der Waals surface area contributed by atoms with E-state index in [0.29, 0.717) is 22.5 Å². The Bertz CT molecular complexity index is 980. The number of hydrogen-bond acceptors (Lipinski definition) is 5. The number of rotatable bonds is 5. The number of ketones is 1. The minimum atomic E-state index is -0.912. The van der Waals surface area contributed by atoms with Crippen LogP contribution in [0.5, 0.6) is 0 Å². The zero-order valence-corrected chi connectivity index (χ0v) is 16.2. The van der Waals surface area contributed by atoms with Crippen molar-refractivity contribution in [2.45, 2.75) is 19.9 Å². The summed E-state index contributed by atoms with van der Waals surface area (Å²) in [6, 6.07) is 4.74. The van der Waals surface area contributed by atoms with Gasteiger partial charge in [0.15, 0.2) is 0 Å². The van der Waals surface area contributed by atoms with Gasteiger partial charge in [0, 0.05) is 26.4 Å². The van der Waals surface area contributed by atoms with E-state index in [4.69, 9.17) is 4.74 Å². The van der Waals surface area contributed by atoms with Crippen LogP contribution in [0, 0.1) is 19.7 Å². The third-order valence-corrected chi connectivity index (χ3v) is 4.99. The molecule has 1 unspecified atom stereocenters. The molecule has 1 aromatic heterocycles. The molecule has 8 heteroatoms. The SMILES string of the molecule is COCCN1C(=O)C(=O)/C(=C(/O)c2c(C)nn(C)c2C)C1c1cccc(F)c1. The van der Waals surface area contributed by atoms with E-state index in [1.54, 1.807) is 31.6 Å². The summed E-state index contributed by atoms with van der Waals surface area (Å²) >= 11 is 0. The topological polar surface area (TPSA) is 84.7 Å². The van der Waals surface area contributed by atoms with Crippen molar-refractivity contribution in [1.82, 2.24) is 14.7 Å². The van der Waals surface area contributed by atoms with E-state index in [-0.39, 0.29) is 24.5 Å². The summed E-state index contributed by atoms with van der Waals surface area (Å²) in [7, 11) is 3.20. The van der Waals surface area contributed by atoms with Crippen molar-refractivity contribution >= 4 is 17.4 Å². The van der Waals surface area contributed by atoms with E-state index in [0.717, 1.165) is 0 Å². The van der Waals surface area contributed by atoms with Crippen LogP contribution in [0.3, 0.4) is 0 Å². The fraction of sp³-hybridized carbons (Fsp3) is 0.350. The van der Waals surface area contributed by atoms with Crippen molar-refractivity contribution < 1.29 is 23.8 Å². The monoisotopic (exact) mass is 387 g/mol. The summed E-state index contributed by atoms with van der Waals surface area (Å²) in [6.45, 7) is 3.79. The molecule has 0 bridgehead atoms. The first kappa shape index (κ1) is 19.8. The van der Waals surface area contributed by atoms with Crippen LogP contribution in [0.2, 0.25) is 0 Å². The average Bonchev–Trinajstić information content (AvgIpc) is 3.05. The number of carbonyl (C=O) groups excluding carboxylic acids is 2. The average molecular weight is 387 g/mol. The number of likely N-dealkylation sites (tertiary alicyclic amines) is 1. The summed E-state index contributed by atoms with van der Waals surface area (Å²) in [5.74, 6) is -2.38. The molecule has 1 aliphatic rings. The smallest absolute Gasteiger partial charge is 0.295 e. The van der Waals surface area contributed by atoms with Crippen molar-refractivity contribution in [2.75, 3.05) is 20.3 Å². The summed E-state index contributed by atoms with van der Waals surface area (Å²) in [4.78, 5) is 26.8. The normalized spacial score (nSPS) is 18.9. The van der Waals surface area contributed by atoms with Crippen molar-refractivity contribution in [3.63, 3.8) is 0 Å². The first-order valence-corrected chi connectivity index (χ1v) is 8.81. The fourth-order valence-corrected chi connectivity index (χ4v) is 3.57. The van der Waals surface area contributed by atoms with Crippen LogP contribution in [-0.2, 0) is 21.4 Å². The number of aliphatic hydroxyl groups excluding tert-OH is 1. The molecule has 1 aliphatic heterocycles. The molecule has 0 aliphatic carbocycles. The Morgan fingerprint density at radius 2 is 2.04 bits per heavy atom. The maximum Gasteiger partial charge on any atom is 0.295 e.